The molecule has 0 bridgehead atoms. The minimum Gasteiger partial charge on any atom is -0.390 e. The minimum absolute atomic E-state index is 0.00673. The number of fused-ring (bicyclic) bond motifs is 2. The molecule has 8 atom stereocenters. The largest absolute Gasteiger partial charge is 0.390 e. The van der Waals surface area contributed by atoms with Crippen LogP contribution in [0.15, 0.2) is 11.6 Å². The van der Waals surface area contributed by atoms with Crippen molar-refractivity contribution in [2.24, 2.45) is 34.5 Å². The van der Waals surface area contributed by atoms with E-state index in [1.807, 2.05) is 27.7 Å². The first kappa shape index (κ1) is 26.4. The number of Topliss-reactive ketones (excluding diaryl/α,β-unsaturated/α-hetero) is 1. The van der Waals surface area contributed by atoms with Crippen LogP contribution >= 0.6 is 0 Å². The molecule has 194 valence electrons. The summed E-state index contributed by atoms with van der Waals surface area (Å²) in [4.78, 5) is 12.8. The Morgan fingerprint density at radius 1 is 0.912 bits per heavy atom. The molecule has 3 aliphatic carbocycles. The first-order valence-electron chi connectivity index (χ1n) is 13.8. The molecule has 0 aromatic heterocycles. The highest BCUT2D eigenvalue weighted by Gasteiger charge is 2.57. The average molecular weight is 475 g/mol. The monoisotopic (exact) mass is 474 g/mol. The smallest absolute Gasteiger partial charge is 0.164 e. The summed E-state index contributed by atoms with van der Waals surface area (Å²) >= 11 is 0. The van der Waals surface area contributed by atoms with E-state index in [2.05, 4.69) is 33.8 Å². The molecule has 0 aromatic carbocycles. The maximum atomic E-state index is 12.8. The van der Waals surface area contributed by atoms with Crippen LogP contribution in [0.1, 0.15) is 113 Å². The summed E-state index contributed by atoms with van der Waals surface area (Å²) in [5.41, 5.74) is -0.733. The number of aliphatic hydroxyl groups is 2. The van der Waals surface area contributed by atoms with Crippen molar-refractivity contribution in [2.75, 3.05) is 0 Å². The van der Waals surface area contributed by atoms with Crippen LogP contribution in [0.4, 0.5) is 0 Å². The normalized spacial score (nSPS) is 48.4. The number of carbonyl (C=O) groups is 1. The molecule has 0 aromatic rings. The van der Waals surface area contributed by atoms with Gasteiger partial charge in [0, 0.05) is 6.42 Å². The zero-order valence-electron chi connectivity index (χ0n) is 23.0. The van der Waals surface area contributed by atoms with Gasteiger partial charge < -0.3 is 14.9 Å². The molecule has 4 rings (SSSR count). The van der Waals surface area contributed by atoms with Crippen LogP contribution in [0.5, 0.6) is 0 Å². The van der Waals surface area contributed by atoms with Gasteiger partial charge in [0.2, 0.25) is 0 Å². The lowest BCUT2D eigenvalue weighted by Gasteiger charge is -2.54. The zero-order chi connectivity index (χ0) is 25.3. The molecule has 1 aliphatic heterocycles. The molecular weight excluding hydrogens is 424 g/mol. The summed E-state index contributed by atoms with van der Waals surface area (Å²) in [6.45, 7) is 17.3. The molecule has 2 N–H and O–H groups in total. The van der Waals surface area contributed by atoms with E-state index in [1.165, 1.54) is 5.57 Å². The maximum Gasteiger partial charge on any atom is 0.164 e. The number of carbonyl (C=O) groups excluding carboxylic acids is 1. The lowest BCUT2D eigenvalue weighted by atomic mass is 9.55. The van der Waals surface area contributed by atoms with Crippen LogP contribution in [-0.2, 0) is 9.53 Å². The molecule has 4 heteroatoms. The summed E-state index contributed by atoms with van der Waals surface area (Å²) in [5.74, 6) is 1.54. The van der Waals surface area contributed by atoms with Crippen molar-refractivity contribution in [3.63, 3.8) is 0 Å². The predicted molar refractivity (Wildman–Crippen MR) is 136 cm³/mol. The van der Waals surface area contributed by atoms with Gasteiger partial charge in [0.15, 0.2) is 5.78 Å². The Bertz CT molecular complexity index is 835. The third kappa shape index (κ3) is 4.24. The van der Waals surface area contributed by atoms with Crippen molar-refractivity contribution in [3.05, 3.63) is 11.6 Å². The van der Waals surface area contributed by atoms with Gasteiger partial charge in [0.05, 0.1) is 17.3 Å². The summed E-state index contributed by atoms with van der Waals surface area (Å²) in [7, 11) is 0. The van der Waals surface area contributed by atoms with E-state index in [9.17, 15) is 15.0 Å². The summed E-state index contributed by atoms with van der Waals surface area (Å²) in [6, 6.07) is 0. The van der Waals surface area contributed by atoms with Crippen molar-refractivity contribution < 1.29 is 19.7 Å². The first-order chi connectivity index (χ1) is 15.5. The van der Waals surface area contributed by atoms with Crippen LogP contribution in [0.3, 0.4) is 0 Å². The van der Waals surface area contributed by atoms with Crippen molar-refractivity contribution in [1.82, 2.24) is 0 Å². The number of ketones is 1. The lowest BCUT2D eigenvalue weighted by molar-refractivity contribution is -0.196. The van der Waals surface area contributed by atoms with Gasteiger partial charge in [-0.1, -0.05) is 32.4 Å². The van der Waals surface area contributed by atoms with Crippen molar-refractivity contribution in [1.29, 1.82) is 0 Å². The summed E-state index contributed by atoms with van der Waals surface area (Å²) in [5, 5.41) is 22.7. The van der Waals surface area contributed by atoms with Gasteiger partial charge in [0.1, 0.15) is 5.60 Å². The van der Waals surface area contributed by atoms with Gasteiger partial charge in [0.25, 0.3) is 0 Å². The van der Waals surface area contributed by atoms with Crippen LogP contribution in [0.2, 0.25) is 0 Å². The van der Waals surface area contributed by atoms with E-state index in [1.54, 1.807) is 0 Å². The van der Waals surface area contributed by atoms with Gasteiger partial charge in [-0.15, -0.1) is 0 Å². The predicted octanol–water partition coefficient (Wildman–Crippen LogP) is 6.23. The van der Waals surface area contributed by atoms with Gasteiger partial charge in [-0.3, -0.25) is 4.79 Å². The molecule has 2 saturated carbocycles. The molecule has 4 aliphatic rings. The van der Waals surface area contributed by atoms with E-state index in [0.717, 1.165) is 51.4 Å². The molecular formula is C30H50O4. The Labute approximate surface area is 207 Å². The fourth-order valence-electron chi connectivity index (χ4n) is 8.95. The SMILES string of the molecule is CC1=CC[C@@H]2[C@@H](CC[C@@]2(C)O)C(C)(C)[C@H]1CC[C@@H]1[C@@]2(C)CCC(=O)C(C)(C)O[C@@H]2CC[C@]1(C)O. The number of allylic oxidation sites excluding steroid dienone is 2. The highest BCUT2D eigenvalue weighted by Crippen LogP contribution is 2.59. The number of rotatable bonds is 3. The Balaban J connectivity index is 1.60. The van der Waals surface area contributed by atoms with Gasteiger partial charge in [-0.2, -0.15) is 0 Å². The van der Waals surface area contributed by atoms with Gasteiger partial charge >= 0.3 is 0 Å². The highest BCUT2D eigenvalue weighted by molar-refractivity contribution is 5.86. The zero-order valence-corrected chi connectivity index (χ0v) is 23.0. The van der Waals surface area contributed by atoms with Crippen molar-refractivity contribution in [2.45, 2.75) is 136 Å². The van der Waals surface area contributed by atoms with Crippen LogP contribution in [-0.4, -0.2) is 38.9 Å². The van der Waals surface area contributed by atoms with Crippen molar-refractivity contribution >= 4 is 5.78 Å². The fourth-order valence-corrected chi connectivity index (χ4v) is 8.95. The number of hydrogen-bond acceptors (Lipinski definition) is 4. The second-order valence-electron chi connectivity index (χ2n) is 14.2. The quantitative estimate of drug-likeness (QED) is 0.476. The maximum absolute atomic E-state index is 12.8. The van der Waals surface area contributed by atoms with Crippen LogP contribution in [0, 0.1) is 34.5 Å². The van der Waals surface area contributed by atoms with E-state index in [4.69, 9.17) is 4.74 Å². The molecule has 1 saturated heterocycles. The number of hydrogen-bond donors (Lipinski definition) is 2. The summed E-state index contributed by atoms with van der Waals surface area (Å²) < 4.78 is 6.50. The molecule has 3 fully saturated rings. The van der Waals surface area contributed by atoms with E-state index in [-0.39, 0.29) is 28.6 Å². The second-order valence-corrected chi connectivity index (χ2v) is 14.2. The highest BCUT2D eigenvalue weighted by atomic mass is 16.5. The Morgan fingerprint density at radius 3 is 2.24 bits per heavy atom. The fraction of sp³-hybridized carbons (Fsp3) is 0.900. The van der Waals surface area contributed by atoms with Crippen LogP contribution < -0.4 is 0 Å². The topological polar surface area (TPSA) is 66.8 Å². The Morgan fingerprint density at radius 2 is 1.56 bits per heavy atom. The third-order valence-corrected chi connectivity index (χ3v) is 11.3. The molecule has 0 unspecified atom stereocenters. The lowest BCUT2D eigenvalue weighted by Crippen LogP contribution is -2.56. The van der Waals surface area contributed by atoms with Gasteiger partial charge in [-0.05, 0) is 120 Å². The van der Waals surface area contributed by atoms with E-state index in [0.29, 0.717) is 24.2 Å². The Hall–Kier alpha value is -0.710. The molecule has 0 radical (unpaired) electrons. The van der Waals surface area contributed by atoms with Crippen LogP contribution in [0.25, 0.3) is 0 Å². The molecule has 1 heterocycles. The first-order valence-corrected chi connectivity index (χ1v) is 13.8. The standard InChI is InChI=1S/C30H50O4/c1-19-9-10-22-21(13-17-29(22,7)32)26(2,3)20(19)11-12-23-28(6)16-14-24(31)27(4,5)34-25(28)15-18-30(23,8)33/h9,20-23,25,32-33H,10-18H2,1-8H3/t20-,21+,22+,23+,25+,28+,29+,30-/m0/s1. The van der Waals surface area contributed by atoms with E-state index >= 15 is 0 Å². The molecule has 0 amide bonds. The number of ether oxygens (including phenoxy) is 1. The van der Waals surface area contributed by atoms with Crippen molar-refractivity contribution in [3.8, 4) is 0 Å². The molecule has 34 heavy (non-hydrogen) atoms. The third-order valence-electron chi connectivity index (χ3n) is 11.3. The summed E-state index contributed by atoms with van der Waals surface area (Å²) in [6.07, 6.45) is 10.2. The molecule has 0 spiro atoms. The second kappa shape index (κ2) is 8.42. The Kier molecular flexibility index (Phi) is 6.52. The van der Waals surface area contributed by atoms with Gasteiger partial charge in [-0.25, -0.2) is 0 Å². The average Bonchev–Trinajstić information content (AvgIpc) is 2.93. The minimum atomic E-state index is -0.752. The molecule has 4 nitrogen and oxygen atoms in total. The van der Waals surface area contributed by atoms with E-state index < -0.39 is 16.8 Å².